The molecule has 0 unspecified atom stereocenters. The topological polar surface area (TPSA) is 106 Å². The largest absolute Gasteiger partial charge is 0.448 e. The number of para-hydroxylation sites is 1. The highest BCUT2D eigenvalue weighted by molar-refractivity contribution is 6.01. The highest BCUT2D eigenvalue weighted by atomic mass is 16.3. The van der Waals surface area contributed by atoms with Crippen molar-refractivity contribution in [2.45, 2.75) is 13.0 Å². The van der Waals surface area contributed by atoms with Gasteiger partial charge in [-0.1, -0.05) is 12.1 Å². The molecule has 0 bridgehead atoms. The second kappa shape index (κ2) is 5.91. The number of rotatable bonds is 3. The predicted octanol–water partition coefficient (Wildman–Crippen LogP) is 0.988. The minimum absolute atomic E-state index is 0.0270. The van der Waals surface area contributed by atoms with Crippen LogP contribution in [0.1, 0.15) is 6.42 Å². The van der Waals surface area contributed by atoms with Crippen LogP contribution in [0.25, 0.3) is 22.1 Å². The van der Waals surface area contributed by atoms with Gasteiger partial charge in [-0.25, -0.2) is 9.78 Å². The second-order valence-corrected chi connectivity index (χ2v) is 4.90. The molecule has 2 heterocycles. The maximum Gasteiger partial charge on any atom is 0.321 e. The molecule has 23 heavy (non-hydrogen) atoms. The summed E-state index contributed by atoms with van der Waals surface area (Å²) in [5.41, 5.74) is 0.873. The number of fused-ring (bicyclic) bond motifs is 3. The number of aryl methyl sites for hydroxylation is 1. The Labute approximate surface area is 130 Å². The fourth-order valence-corrected chi connectivity index (χ4v) is 2.25. The van der Waals surface area contributed by atoms with Gasteiger partial charge in [-0.3, -0.25) is 19.5 Å². The number of nitrogens with one attached hydrogen (secondary N) is 2. The zero-order chi connectivity index (χ0) is 16.4. The Morgan fingerprint density at radius 2 is 2.09 bits per heavy atom. The van der Waals surface area contributed by atoms with Gasteiger partial charge in [-0.15, -0.1) is 0 Å². The molecular weight excluding hydrogens is 300 g/mol. The van der Waals surface area contributed by atoms with Crippen LogP contribution >= 0.6 is 0 Å². The van der Waals surface area contributed by atoms with Gasteiger partial charge in [-0.05, 0) is 12.1 Å². The first-order valence-electron chi connectivity index (χ1n) is 6.98. The van der Waals surface area contributed by atoms with Crippen molar-refractivity contribution in [3.63, 3.8) is 0 Å². The summed E-state index contributed by atoms with van der Waals surface area (Å²) in [5, 5.41) is 5.18. The van der Waals surface area contributed by atoms with Crippen molar-refractivity contribution in [2.75, 3.05) is 7.05 Å². The van der Waals surface area contributed by atoms with Crippen LogP contribution in [-0.2, 0) is 11.3 Å². The average Bonchev–Trinajstić information content (AvgIpc) is 2.94. The molecule has 0 saturated heterocycles. The van der Waals surface area contributed by atoms with Crippen LogP contribution < -0.4 is 16.2 Å². The summed E-state index contributed by atoms with van der Waals surface area (Å²) < 4.78 is 6.84. The van der Waals surface area contributed by atoms with E-state index in [0.29, 0.717) is 11.1 Å². The summed E-state index contributed by atoms with van der Waals surface area (Å²) >= 11 is 0. The zero-order valence-electron chi connectivity index (χ0n) is 12.3. The van der Waals surface area contributed by atoms with Crippen LogP contribution in [0.5, 0.6) is 0 Å². The number of amides is 3. The van der Waals surface area contributed by atoms with Gasteiger partial charge in [0.05, 0.1) is 6.33 Å². The number of benzene rings is 1. The summed E-state index contributed by atoms with van der Waals surface area (Å²) in [6.45, 7) is 0.0989. The molecule has 0 radical (unpaired) electrons. The lowest BCUT2D eigenvalue weighted by Crippen LogP contribution is -2.38. The molecule has 0 saturated carbocycles. The van der Waals surface area contributed by atoms with Crippen molar-refractivity contribution in [1.82, 2.24) is 20.2 Å². The molecule has 3 amide bonds. The Balaban J connectivity index is 1.86. The van der Waals surface area contributed by atoms with Gasteiger partial charge in [0.2, 0.25) is 11.5 Å². The lowest BCUT2D eigenvalue weighted by Gasteiger charge is -2.05. The van der Waals surface area contributed by atoms with E-state index in [0.717, 1.165) is 5.39 Å². The van der Waals surface area contributed by atoms with Crippen LogP contribution in [0.15, 0.2) is 39.8 Å². The molecule has 118 valence electrons. The molecule has 0 aliphatic heterocycles. The van der Waals surface area contributed by atoms with Gasteiger partial charge in [0, 0.05) is 25.4 Å². The van der Waals surface area contributed by atoms with Crippen LogP contribution in [-0.4, -0.2) is 28.5 Å². The normalized spacial score (nSPS) is 10.8. The van der Waals surface area contributed by atoms with E-state index in [9.17, 15) is 14.4 Å². The molecule has 0 aliphatic carbocycles. The molecule has 8 nitrogen and oxygen atoms in total. The number of hydrogen-bond acceptors (Lipinski definition) is 5. The highest BCUT2D eigenvalue weighted by Gasteiger charge is 2.13. The van der Waals surface area contributed by atoms with Crippen molar-refractivity contribution >= 4 is 34.0 Å². The van der Waals surface area contributed by atoms with Crippen LogP contribution in [0, 0.1) is 0 Å². The first-order chi connectivity index (χ1) is 11.1. The maximum absolute atomic E-state index is 12.4. The molecule has 2 N–H and O–H groups in total. The maximum atomic E-state index is 12.4. The predicted molar refractivity (Wildman–Crippen MR) is 83.0 cm³/mol. The van der Waals surface area contributed by atoms with E-state index in [2.05, 4.69) is 15.6 Å². The minimum Gasteiger partial charge on any atom is -0.448 e. The third kappa shape index (κ3) is 2.78. The van der Waals surface area contributed by atoms with E-state index in [4.69, 9.17) is 4.42 Å². The van der Waals surface area contributed by atoms with Gasteiger partial charge in [-0.2, -0.15) is 0 Å². The monoisotopic (exact) mass is 314 g/mol. The smallest absolute Gasteiger partial charge is 0.321 e. The molecule has 0 aliphatic rings. The zero-order valence-corrected chi connectivity index (χ0v) is 12.3. The van der Waals surface area contributed by atoms with E-state index in [1.807, 2.05) is 18.2 Å². The molecule has 0 fully saturated rings. The number of nitrogens with zero attached hydrogens (tertiary/aromatic N) is 2. The van der Waals surface area contributed by atoms with E-state index in [1.165, 1.54) is 17.9 Å². The number of furan rings is 1. The molecule has 1 aromatic carbocycles. The Morgan fingerprint density at radius 3 is 2.87 bits per heavy atom. The van der Waals surface area contributed by atoms with Gasteiger partial charge >= 0.3 is 6.03 Å². The van der Waals surface area contributed by atoms with Gasteiger partial charge in [0.15, 0.2) is 0 Å². The van der Waals surface area contributed by atoms with Crippen molar-refractivity contribution in [2.24, 2.45) is 0 Å². The van der Waals surface area contributed by atoms with Gasteiger partial charge in [0.25, 0.3) is 5.56 Å². The summed E-state index contributed by atoms with van der Waals surface area (Å²) in [5.74, 6) is -0.485. The fraction of sp³-hybridized carbons (Fsp3) is 0.200. The molecule has 3 aromatic rings. The van der Waals surface area contributed by atoms with Crippen molar-refractivity contribution in [3.8, 4) is 0 Å². The SMILES string of the molecule is CNC(=O)NC(=O)CCn1cnc2c(oc3ccccc32)c1=O. The summed E-state index contributed by atoms with van der Waals surface area (Å²) in [7, 11) is 1.41. The van der Waals surface area contributed by atoms with Crippen molar-refractivity contribution < 1.29 is 14.0 Å². The summed E-state index contributed by atoms with van der Waals surface area (Å²) in [6.07, 6.45) is 1.35. The second-order valence-electron chi connectivity index (χ2n) is 4.90. The fourth-order valence-electron chi connectivity index (χ4n) is 2.25. The van der Waals surface area contributed by atoms with E-state index < -0.39 is 11.9 Å². The van der Waals surface area contributed by atoms with Crippen LogP contribution in [0.3, 0.4) is 0 Å². The molecule has 2 aromatic heterocycles. The first kappa shape index (κ1) is 14.8. The Morgan fingerprint density at radius 1 is 1.30 bits per heavy atom. The van der Waals surface area contributed by atoms with Gasteiger partial charge in [0.1, 0.15) is 11.1 Å². The third-order valence-electron chi connectivity index (χ3n) is 3.41. The highest BCUT2D eigenvalue weighted by Crippen LogP contribution is 2.23. The minimum atomic E-state index is -0.590. The summed E-state index contributed by atoms with van der Waals surface area (Å²) in [4.78, 5) is 39.3. The lowest BCUT2D eigenvalue weighted by atomic mass is 10.2. The number of aromatic nitrogens is 2. The summed E-state index contributed by atoms with van der Waals surface area (Å²) in [6, 6.07) is 6.65. The average molecular weight is 314 g/mol. The first-order valence-corrected chi connectivity index (χ1v) is 6.98. The van der Waals surface area contributed by atoms with E-state index in [1.54, 1.807) is 6.07 Å². The van der Waals surface area contributed by atoms with Crippen LogP contribution in [0.2, 0.25) is 0 Å². The Hall–Kier alpha value is -3.16. The van der Waals surface area contributed by atoms with Gasteiger partial charge < -0.3 is 9.73 Å². The Bertz CT molecular complexity index is 957. The number of carbonyl (C=O) groups is 2. The number of urea groups is 1. The van der Waals surface area contributed by atoms with E-state index in [-0.39, 0.29) is 24.1 Å². The number of carbonyl (C=O) groups excluding carboxylic acids is 2. The Kier molecular flexibility index (Phi) is 3.80. The van der Waals surface area contributed by atoms with Crippen molar-refractivity contribution in [1.29, 1.82) is 0 Å². The molecule has 0 spiro atoms. The molecule has 8 heteroatoms. The molecule has 0 atom stereocenters. The molecular formula is C15H14N4O4. The number of hydrogen-bond donors (Lipinski definition) is 2. The third-order valence-corrected chi connectivity index (χ3v) is 3.41. The number of imide groups is 1. The van der Waals surface area contributed by atoms with E-state index >= 15 is 0 Å². The van der Waals surface area contributed by atoms with Crippen molar-refractivity contribution in [3.05, 3.63) is 40.9 Å². The van der Waals surface area contributed by atoms with Crippen LogP contribution in [0.4, 0.5) is 4.79 Å². The standard InChI is InChI=1S/C15H14N4O4/c1-16-15(22)18-11(20)6-7-19-8-17-12-9-4-2-3-5-10(9)23-13(12)14(19)21/h2-5,8H,6-7H2,1H3,(H2,16,18,20,22). The lowest BCUT2D eigenvalue weighted by molar-refractivity contribution is -0.120. The quantitative estimate of drug-likeness (QED) is 0.750. The molecule has 3 rings (SSSR count).